The lowest BCUT2D eigenvalue weighted by Gasteiger charge is -2.29. The fourth-order valence-electron chi connectivity index (χ4n) is 4.60. The number of rotatable bonds is 3. The van der Waals surface area contributed by atoms with E-state index in [1.165, 1.54) is 16.0 Å². The van der Waals surface area contributed by atoms with E-state index in [1.54, 1.807) is 4.90 Å². The molecule has 8 nitrogen and oxygen atoms in total. The SMILES string of the molecule is CCN1C(=S)N(CC)C2Nn3c(s/c(=C4\C(=O)N(C(C)C)c5ccccc54)c3=O)=NC21. The van der Waals surface area contributed by atoms with Crippen molar-refractivity contribution < 1.29 is 4.79 Å². The Morgan fingerprint density at radius 1 is 1.16 bits per heavy atom. The molecule has 2 unspecified atom stereocenters. The van der Waals surface area contributed by atoms with Crippen LogP contribution in [0.5, 0.6) is 0 Å². The lowest BCUT2D eigenvalue weighted by molar-refractivity contribution is -0.113. The molecule has 0 saturated carbocycles. The van der Waals surface area contributed by atoms with Crippen LogP contribution in [0.15, 0.2) is 34.1 Å². The molecule has 1 fully saturated rings. The predicted octanol–water partition coefficient (Wildman–Crippen LogP) is 0.635. The quantitative estimate of drug-likeness (QED) is 0.684. The highest BCUT2D eigenvalue weighted by molar-refractivity contribution is 7.80. The molecule has 1 N–H and O–H groups in total. The molecule has 3 aliphatic rings. The summed E-state index contributed by atoms with van der Waals surface area (Å²) in [5.41, 5.74) is 5.17. The van der Waals surface area contributed by atoms with Crippen LogP contribution in [0.4, 0.5) is 5.69 Å². The van der Waals surface area contributed by atoms with Gasteiger partial charge in [0.2, 0.25) is 4.80 Å². The van der Waals surface area contributed by atoms with Crippen LogP contribution in [-0.2, 0) is 4.79 Å². The number of anilines is 1. The largest absolute Gasteiger partial charge is 0.324 e. The van der Waals surface area contributed by atoms with Crippen LogP contribution in [0, 0.1) is 0 Å². The number of nitrogens with zero attached hydrogens (tertiary/aromatic N) is 5. The number of thiocarbonyl (C=S) groups is 1. The van der Waals surface area contributed by atoms with Crippen LogP contribution >= 0.6 is 23.6 Å². The third kappa shape index (κ3) is 2.71. The Morgan fingerprint density at radius 2 is 1.87 bits per heavy atom. The first-order valence-corrected chi connectivity index (χ1v) is 11.7. The number of amides is 1. The van der Waals surface area contributed by atoms with E-state index in [0.717, 1.165) is 22.9 Å². The lowest BCUT2D eigenvalue weighted by atomic mass is 10.1. The highest BCUT2D eigenvalue weighted by Gasteiger charge is 2.44. The van der Waals surface area contributed by atoms with Crippen molar-refractivity contribution >= 4 is 45.8 Å². The normalized spacial score (nSPS) is 23.7. The van der Waals surface area contributed by atoms with E-state index < -0.39 is 0 Å². The van der Waals surface area contributed by atoms with Crippen LogP contribution < -0.4 is 25.2 Å². The minimum atomic E-state index is -0.247. The van der Waals surface area contributed by atoms with E-state index in [2.05, 4.69) is 10.3 Å². The molecule has 3 aliphatic heterocycles. The average molecular weight is 457 g/mol. The molecule has 1 aromatic heterocycles. The molecule has 0 aliphatic carbocycles. The van der Waals surface area contributed by atoms with Crippen molar-refractivity contribution in [1.82, 2.24) is 14.5 Å². The van der Waals surface area contributed by atoms with Gasteiger partial charge in [-0.2, -0.15) is 4.68 Å². The number of para-hydroxylation sites is 1. The zero-order chi connectivity index (χ0) is 22.0. The molecular formula is C21H24N6O2S2. The number of carbonyl (C=O) groups excluding carboxylic acids is 1. The van der Waals surface area contributed by atoms with Crippen LogP contribution in [0.1, 0.15) is 33.3 Å². The number of carbonyl (C=O) groups is 1. The summed E-state index contributed by atoms with van der Waals surface area (Å²) in [6, 6.07) is 7.63. The van der Waals surface area contributed by atoms with Crippen molar-refractivity contribution in [3.05, 3.63) is 49.5 Å². The third-order valence-corrected chi connectivity index (χ3v) is 7.53. The second kappa shape index (κ2) is 7.16. The number of nitrogens with one attached hydrogen (secondary N) is 1. The van der Waals surface area contributed by atoms with Crippen molar-refractivity contribution in [3.63, 3.8) is 0 Å². The van der Waals surface area contributed by atoms with E-state index in [0.29, 0.717) is 21.5 Å². The summed E-state index contributed by atoms with van der Waals surface area (Å²) in [6.07, 6.45) is -0.416. The van der Waals surface area contributed by atoms with Crippen LogP contribution in [0.2, 0.25) is 0 Å². The van der Waals surface area contributed by atoms with Gasteiger partial charge in [-0.15, -0.1) is 0 Å². The van der Waals surface area contributed by atoms with Crippen molar-refractivity contribution in [3.8, 4) is 0 Å². The van der Waals surface area contributed by atoms with Crippen LogP contribution in [0.25, 0.3) is 5.57 Å². The number of aromatic nitrogens is 1. The molecule has 0 bridgehead atoms. The summed E-state index contributed by atoms with van der Waals surface area (Å²) in [4.78, 5) is 38.1. The Balaban J connectivity index is 1.73. The van der Waals surface area contributed by atoms with Crippen molar-refractivity contribution in [2.24, 2.45) is 4.99 Å². The Labute approximate surface area is 189 Å². The van der Waals surface area contributed by atoms with E-state index >= 15 is 0 Å². The van der Waals surface area contributed by atoms with Crippen molar-refractivity contribution in [2.75, 3.05) is 23.4 Å². The molecule has 1 aromatic carbocycles. The van der Waals surface area contributed by atoms with E-state index in [-0.39, 0.29) is 29.8 Å². The number of benzene rings is 1. The number of fused-ring (bicyclic) bond motifs is 3. The average Bonchev–Trinajstić information content (AvgIpc) is 3.31. The van der Waals surface area contributed by atoms with Gasteiger partial charge in [0.25, 0.3) is 11.5 Å². The first-order valence-electron chi connectivity index (χ1n) is 10.5. The number of hydrogen-bond acceptors (Lipinski definition) is 6. The molecular weight excluding hydrogens is 432 g/mol. The summed E-state index contributed by atoms with van der Waals surface area (Å²) in [5.74, 6) is -0.140. The van der Waals surface area contributed by atoms with Gasteiger partial charge in [0.1, 0.15) is 4.53 Å². The van der Waals surface area contributed by atoms with Gasteiger partial charge in [-0.3, -0.25) is 15.0 Å². The molecule has 2 aromatic rings. The Kier molecular flexibility index (Phi) is 4.67. The molecule has 0 spiro atoms. The maximum atomic E-state index is 13.4. The third-order valence-electron chi connectivity index (χ3n) is 6.01. The van der Waals surface area contributed by atoms with Crippen molar-refractivity contribution in [2.45, 2.75) is 46.1 Å². The standard InChI is InChI=1S/C21H24N6O2S2/c1-5-24-16-17(25(6-2)21(24)30)23-27-19(29)15(31-20(27)22-16)14-12-9-7-8-10-13(12)26(11(3)4)18(14)28/h7-11,16-17,23H,5-6H2,1-4H3/b15-14-. The van der Waals surface area contributed by atoms with Crippen molar-refractivity contribution in [1.29, 1.82) is 0 Å². The van der Waals surface area contributed by atoms with Gasteiger partial charge in [0.15, 0.2) is 17.4 Å². The zero-order valence-electron chi connectivity index (χ0n) is 17.8. The summed E-state index contributed by atoms with van der Waals surface area (Å²) in [6.45, 7) is 9.48. The molecule has 4 heterocycles. The van der Waals surface area contributed by atoms with Gasteiger partial charge in [-0.1, -0.05) is 29.5 Å². The Bertz CT molecular complexity index is 1280. The molecule has 10 heteroatoms. The molecule has 2 atom stereocenters. The molecule has 5 rings (SSSR count). The Morgan fingerprint density at radius 3 is 2.55 bits per heavy atom. The molecule has 1 amide bonds. The summed E-state index contributed by atoms with van der Waals surface area (Å²) < 4.78 is 1.90. The van der Waals surface area contributed by atoms with Gasteiger partial charge in [-0.25, -0.2) is 4.99 Å². The zero-order valence-corrected chi connectivity index (χ0v) is 19.5. The fourth-order valence-corrected chi connectivity index (χ4v) is 6.13. The first kappa shape index (κ1) is 20.2. The molecule has 31 heavy (non-hydrogen) atoms. The Hall–Kier alpha value is -2.72. The predicted molar refractivity (Wildman–Crippen MR) is 125 cm³/mol. The maximum Gasteiger partial charge on any atom is 0.289 e. The number of hydrogen-bond donors (Lipinski definition) is 1. The fraction of sp³-hybridized carbons (Fsp3) is 0.429. The van der Waals surface area contributed by atoms with E-state index in [9.17, 15) is 9.59 Å². The van der Waals surface area contributed by atoms with Crippen LogP contribution in [0.3, 0.4) is 0 Å². The van der Waals surface area contributed by atoms with Gasteiger partial charge < -0.3 is 14.7 Å². The highest BCUT2D eigenvalue weighted by atomic mass is 32.1. The lowest BCUT2D eigenvalue weighted by Crippen LogP contribution is -2.55. The van der Waals surface area contributed by atoms with Crippen LogP contribution in [-0.4, -0.2) is 57.0 Å². The first-order chi connectivity index (χ1) is 14.9. The van der Waals surface area contributed by atoms with E-state index in [1.807, 2.05) is 56.9 Å². The van der Waals surface area contributed by atoms with Gasteiger partial charge >= 0.3 is 0 Å². The highest BCUT2D eigenvalue weighted by Crippen LogP contribution is 2.36. The summed E-state index contributed by atoms with van der Waals surface area (Å²) >= 11 is 6.88. The van der Waals surface area contributed by atoms with E-state index in [4.69, 9.17) is 17.2 Å². The topological polar surface area (TPSA) is 73.2 Å². The minimum absolute atomic E-state index is 0.0112. The maximum absolute atomic E-state index is 13.4. The second-order valence-electron chi connectivity index (χ2n) is 7.99. The number of thiazole rings is 1. The van der Waals surface area contributed by atoms with Gasteiger partial charge in [0.05, 0.1) is 11.3 Å². The molecule has 162 valence electrons. The van der Waals surface area contributed by atoms with Gasteiger partial charge in [-0.05, 0) is 46.0 Å². The smallest absolute Gasteiger partial charge is 0.289 e. The minimum Gasteiger partial charge on any atom is -0.324 e. The molecule has 1 saturated heterocycles. The van der Waals surface area contributed by atoms with Gasteiger partial charge in [0, 0.05) is 24.7 Å². The summed E-state index contributed by atoms with van der Waals surface area (Å²) in [7, 11) is 0. The monoisotopic (exact) mass is 456 g/mol. The second-order valence-corrected chi connectivity index (χ2v) is 9.33. The summed E-state index contributed by atoms with van der Waals surface area (Å²) in [5, 5.41) is 0.738. The number of likely N-dealkylation sites (N-methyl/N-ethyl adjacent to an activating group) is 2. The molecule has 0 radical (unpaired) electrons.